The van der Waals surface area contributed by atoms with Crippen molar-refractivity contribution in [1.82, 2.24) is 9.97 Å². The molecular formula is C19H21N3O4S. The van der Waals surface area contributed by atoms with Gasteiger partial charge in [-0.15, -0.1) is 0 Å². The summed E-state index contributed by atoms with van der Waals surface area (Å²) in [5.74, 6) is 1.89. The summed E-state index contributed by atoms with van der Waals surface area (Å²) in [5.41, 5.74) is 2.99. The molecule has 1 N–H and O–H groups in total. The van der Waals surface area contributed by atoms with Crippen molar-refractivity contribution in [2.75, 3.05) is 40.3 Å². The lowest BCUT2D eigenvalue weighted by Gasteiger charge is -2.16. The molecule has 0 aliphatic rings. The van der Waals surface area contributed by atoms with Crippen molar-refractivity contribution in [1.29, 1.82) is 0 Å². The first-order valence-electron chi connectivity index (χ1n) is 8.18. The second-order valence-corrected chi connectivity index (χ2v) is 6.53. The molecule has 1 aromatic heterocycles. The molecule has 142 valence electrons. The smallest absolute Gasteiger partial charge is 0.205 e. The van der Waals surface area contributed by atoms with Crippen LogP contribution in [0, 0.1) is 0 Å². The lowest BCUT2D eigenvalue weighted by molar-refractivity contribution is 0.327. The normalized spacial score (nSPS) is 10.6. The van der Waals surface area contributed by atoms with Gasteiger partial charge in [-0.2, -0.15) is 0 Å². The van der Waals surface area contributed by atoms with Gasteiger partial charge in [-0.3, -0.25) is 0 Å². The third-order valence-corrected chi connectivity index (χ3v) is 4.79. The standard InChI is InChI=1S/C19H21N3O4S/c1-22(2)13-9-7-6-8-11(13)18(27-23)19-20-12-10-14(24-3)16(25-4)17(26-5)15(12)21-19/h6-10H,1-5H3,(H,20,21). The monoisotopic (exact) mass is 387 g/mol. The van der Waals surface area contributed by atoms with Crippen LogP contribution in [0.2, 0.25) is 0 Å². The number of nitrogens with zero attached hydrogens (tertiary/aromatic N) is 2. The van der Waals surface area contributed by atoms with Crippen LogP contribution in [-0.4, -0.2) is 54.5 Å². The number of hydrogen-bond donors (Lipinski definition) is 1. The fourth-order valence-electron chi connectivity index (χ4n) is 2.99. The zero-order valence-electron chi connectivity index (χ0n) is 15.8. The Hall–Kier alpha value is -3.00. The number of anilines is 1. The molecule has 0 aliphatic carbocycles. The molecule has 0 radical (unpaired) electrons. The van der Waals surface area contributed by atoms with Gasteiger partial charge in [-0.25, -0.2) is 9.19 Å². The maximum absolute atomic E-state index is 12.0. The van der Waals surface area contributed by atoms with Gasteiger partial charge in [0.25, 0.3) is 0 Å². The van der Waals surface area contributed by atoms with Crippen molar-refractivity contribution in [3.8, 4) is 17.2 Å². The maximum Gasteiger partial charge on any atom is 0.205 e. The molecule has 3 rings (SSSR count). The van der Waals surface area contributed by atoms with E-state index in [4.69, 9.17) is 14.2 Å². The van der Waals surface area contributed by atoms with E-state index < -0.39 is 0 Å². The summed E-state index contributed by atoms with van der Waals surface area (Å²) in [6, 6.07) is 9.47. The number of nitrogens with one attached hydrogen (secondary N) is 1. The van der Waals surface area contributed by atoms with E-state index in [9.17, 15) is 4.21 Å². The van der Waals surface area contributed by atoms with Crippen molar-refractivity contribution in [3.63, 3.8) is 0 Å². The molecule has 7 nitrogen and oxygen atoms in total. The van der Waals surface area contributed by atoms with E-state index >= 15 is 0 Å². The third-order valence-electron chi connectivity index (χ3n) is 4.21. The van der Waals surface area contributed by atoms with Gasteiger partial charge >= 0.3 is 0 Å². The molecule has 0 amide bonds. The average molecular weight is 387 g/mol. The molecule has 27 heavy (non-hydrogen) atoms. The largest absolute Gasteiger partial charge is 0.493 e. The summed E-state index contributed by atoms with van der Waals surface area (Å²) in [6.07, 6.45) is 0. The zero-order chi connectivity index (χ0) is 19.6. The van der Waals surface area contributed by atoms with Crippen LogP contribution in [0.25, 0.3) is 11.0 Å². The minimum Gasteiger partial charge on any atom is -0.493 e. The molecular weight excluding hydrogens is 366 g/mol. The van der Waals surface area contributed by atoms with Crippen molar-refractivity contribution in [2.24, 2.45) is 0 Å². The lowest BCUT2D eigenvalue weighted by Crippen LogP contribution is -2.15. The quantitative estimate of drug-likeness (QED) is 0.517. The molecule has 0 bridgehead atoms. The summed E-state index contributed by atoms with van der Waals surface area (Å²) in [6.45, 7) is 0. The second kappa shape index (κ2) is 7.71. The highest BCUT2D eigenvalue weighted by Crippen LogP contribution is 2.42. The number of benzene rings is 2. The van der Waals surface area contributed by atoms with E-state index in [0.29, 0.717) is 50.2 Å². The first kappa shape index (κ1) is 18.8. The van der Waals surface area contributed by atoms with Crippen LogP contribution in [0.1, 0.15) is 11.4 Å². The molecule has 1 heterocycles. The SMILES string of the molecule is COc1cc2[nH]c(C(=S=O)c3ccccc3N(C)C)nc2c(OC)c1OC. The van der Waals surface area contributed by atoms with Crippen molar-refractivity contribution in [2.45, 2.75) is 0 Å². The highest BCUT2D eigenvalue weighted by atomic mass is 32.1. The van der Waals surface area contributed by atoms with E-state index in [-0.39, 0.29) is 0 Å². The van der Waals surface area contributed by atoms with E-state index in [1.807, 2.05) is 43.3 Å². The van der Waals surface area contributed by atoms with Crippen LogP contribution in [-0.2, 0) is 11.3 Å². The highest BCUT2D eigenvalue weighted by Gasteiger charge is 2.22. The molecule has 2 aromatic carbocycles. The Morgan fingerprint density at radius 1 is 1.07 bits per heavy atom. The highest BCUT2D eigenvalue weighted by molar-refractivity contribution is 7.67. The number of fused-ring (bicyclic) bond motifs is 1. The molecule has 8 heteroatoms. The van der Waals surface area contributed by atoms with Gasteiger partial charge in [-0.05, 0) is 6.07 Å². The van der Waals surface area contributed by atoms with Gasteiger partial charge in [0.2, 0.25) is 5.75 Å². The zero-order valence-corrected chi connectivity index (χ0v) is 16.6. The first-order valence-corrected chi connectivity index (χ1v) is 8.92. The van der Waals surface area contributed by atoms with Gasteiger partial charge in [0.1, 0.15) is 21.6 Å². The van der Waals surface area contributed by atoms with Crippen LogP contribution in [0.4, 0.5) is 5.69 Å². The topological polar surface area (TPSA) is 76.7 Å². The molecule has 3 aromatic rings. The summed E-state index contributed by atoms with van der Waals surface area (Å²) in [4.78, 5) is 10.3. The molecule has 0 atom stereocenters. The Bertz CT molecular complexity index is 1040. The molecule has 0 saturated heterocycles. The van der Waals surface area contributed by atoms with Gasteiger partial charge in [0.05, 0.1) is 26.8 Å². The maximum atomic E-state index is 12.0. The molecule has 0 fully saturated rings. The van der Waals surface area contributed by atoms with Gasteiger partial charge < -0.3 is 24.1 Å². The van der Waals surface area contributed by atoms with E-state index in [1.165, 1.54) is 7.11 Å². The second-order valence-electron chi connectivity index (χ2n) is 5.95. The molecule has 0 aliphatic heterocycles. The predicted octanol–water partition coefficient (Wildman–Crippen LogP) is 2.44. The number of para-hydroxylation sites is 1. The van der Waals surface area contributed by atoms with E-state index in [2.05, 4.69) is 9.97 Å². The average Bonchev–Trinajstić information content (AvgIpc) is 3.10. The lowest BCUT2D eigenvalue weighted by atomic mass is 10.1. The summed E-state index contributed by atoms with van der Waals surface area (Å²) in [5, 5.41) is 0. The van der Waals surface area contributed by atoms with Crippen molar-refractivity contribution >= 4 is 32.8 Å². The first-order chi connectivity index (χ1) is 13.0. The van der Waals surface area contributed by atoms with Crippen LogP contribution in [0.3, 0.4) is 0 Å². The van der Waals surface area contributed by atoms with Crippen LogP contribution < -0.4 is 19.1 Å². The van der Waals surface area contributed by atoms with Gasteiger partial charge in [0, 0.05) is 31.4 Å². The molecule has 0 spiro atoms. The predicted molar refractivity (Wildman–Crippen MR) is 108 cm³/mol. The molecule has 0 unspecified atom stereocenters. The Morgan fingerprint density at radius 2 is 1.78 bits per heavy atom. The summed E-state index contributed by atoms with van der Waals surface area (Å²) >= 11 is 0.399. The van der Waals surface area contributed by atoms with Crippen molar-refractivity contribution < 1.29 is 18.4 Å². The number of aromatic amines is 1. The molecule has 0 saturated carbocycles. The fourth-order valence-corrected chi connectivity index (χ4v) is 3.43. The minimum atomic E-state index is 0.399. The fraction of sp³-hybridized carbons (Fsp3) is 0.263. The third kappa shape index (κ3) is 3.23. The minimum absolute atomic E-state index is 0.399. The van der Waals surface area contributed by atoms with Crippen molar-refractivity contribution in [3.05, 3.63) is 41.7 Å². The Morgan fingerprint density at radius 3 is 2.37 bits per heavy atom. The summed E-state index contributed by atoms with van der Waals surface area (Å²) in [7, 11) is 8.50. The number of aromatic nitrogens is 2. The van der Waals surface area contributed by atoms with Crippen LogP contribution in [0.15, 0.2) is 30.3 Å². The van der Waals surface area contributed by atoms with E-state index in [0.717, 1.165) is 11.3 Å². The van der Waals surface area contributed by atoms with E-state index in [1.54, 1.807) is 20.3 Å². The van der Waals surface area contributed by atoms with Crippen LogP contribution >= 0.6 is 0 Å². The summed E-state index contributed by atoms with van der Waals surface area (Å²) < 4.78 is 28.3. The van der Waals surface area contributed by atoms with Gasteiger partial charge in [0.15, 0.2) is 17.3 Å². The number of rotatable bonds is 6. The number of methoxy groups -OCH3 is 3. The number of hydrogen-bond acceptors (Lipinski definition) is 6. The van der Waals surface area contributed by atoms with Crippen LogP contribution in [0.5, 0.6) is 17.2 Å². The number of H-pyrrole nitrogens is 1. The Balaban J connectivity index is 2.24. The Labute approximate surface area is 160 Å². The number of ether oxygens (including phenoxy) is 3. The van der Waals surface area contributed by atoms with Gasteiger partial charge in [-0.1, -0.05) is 18.2 Å². The Kier molecular flexibility index (Phi) is 5.36. The number of imidazole rings is 1.